The molecule has 5 aromatic rings. The van der Waals surface area contributed by atoms with Crippen molar-refractivity contribution >= 4 is 17.0 Å². The predicted octanol–water partition coefficient (Wildman–Crippen LogP) is 6.69. The van der Waals surface area contributed by atoms with E-state index in [0.29, 0.717) is 19.5 Å². The Labute approximate surface area is 230 Å². The van der Waals surface area contributed by atoms with E-state index in [1.54, 1.807) is 0 Å². The van der Waals surface area contributed by atoms with E-state index >= 15 is 0 Å². The Balaban J connectivity index is 1.51. The van der Waals surface area contributed by atoms with Crippen molar-refractivity contribution in [2.45, 2.75) is 58.7 Å². The van der Waals surface area contributed by atoms with E-state index in [1.165, 1.54) is 11.1 Å². The minimum Gasteiger partial charge on any atom is -0.360 e. The lowest BCUT2D eigenvalue weighted by Gasteiger charge is -2.27. The molecule has 10 heteroatoms. The molecule has 0 atom stereocenters. The topological polar surface area (TPSA) is 75.5 Å². The molecule has 0 spiro atoms. The van der Waals surface area contributed by atoms with Crippen molar-refractivity contribution in [2.75, 3.05) is 11.4 Å². The Hall–Kier alpha value is -4.21. The number of halogens is 3. The van der Waals surface area contributed by atoms with Crippen molar-refractivity contribution in [2.24, 2.45) is 0 Å². The number of aromatic amines is 1. The second-order valence-corrected chi connectivity index (χ2v) is 10.2. The molecule has 5 heterocycles. The summed E-state index contributed by atoms with van der Waals surface area (Å²) in [6, 6.07) is 12.4. The lowest BCUT2D eigenvalue weighted by Crippen LogP contribution is -2.31. The molecule has 1 aliphatic rings. The van der Waals surface area contributed by atoms with Crippen LogP contribution in [-0.4, -0.2) is 36.3 Å². The monoisotopic (exact) mass is 545 g/mol. The molecule has 0 amide bonds. The molecule has 7 nitrogen and oxygen atoms in total. The van der Waals surface area contributed by atoms with Crippen LogP contribution in [0.3, 0.4) is 0 Å². The van der Waals surface area contributed by atoms with Crippen LogP contribution in [0.4, 0.5) is 19.1 Å². The lowest BCUT2D eigenvalue weighted by atomic mass is 9.99. The number of para-hydroxylation sites is 1. The number of H-pyrrole nitrogens is 1. The summed E-state index contributed by atoms with van der Waals surface area (Å²) >= 11 is 0. The summed E-state index contributed by atoms with van der Waals surface area (Å²) in [7, 11) is 0. The van der Waals surface area contributed by atoms with Gasteiger partial charge < -0.3 is 9.88 Å². The first kappa shape index (κ1) is 26.0. The Morgan fingerprint density at radius 1 is 0.950 bits per heavy atom. The second-order valence-electron chi connectivity index (χ2n) is 10.2. The highest BCUT2D eigenvalue weighted by Gasteiger charge is 2.33. The van der Waals surface area contributed by atoms with E-state index < -0.39 is 11.7 Å². The maximum Gasteiger partial charge on any atom is 0.419 e. The van der Waals surface area contributed by atoms with Crippen LogP contribution in [0.1, 0.15) is 54.6 Å². The number of hydrogen-bond acceptors (Lipinski definition) is 5. The van der Waals surface area contributed by atoms with Crippen molar-refractivity contribution in [3.8, 4) is 17.1 Å². The first-order valence-electron chi connectivity index (χ1n) is 13.7. The molecular weight excluding hydrogens is 515 g/mol. The first-order valence-corrected chi connectivity index (χ1v) is 13.7. The van der Waals surface area contributed by atoms with Crippen molar-refractivity contribution < 1.29 is 13.2 Å². The summed E-state index contributed by atoms with van der Waals surface area (Å²) in [5.74, 6) is 0.268. The first-order chi connectivity index (χ1) is 19.4. The van der Waals surface area contributed by atoms with Crippen LogP contribution in [0, 0.1) is 0 Å². The van der Waals surface area contributed by atoms with Gasteiger partial charge in [-0.3, -0.25) is 0 Å². The van der Waals surface area contributed by atoms with E-state index in [1.807, 2.05) is 29.3 Å². The Bertz CT molecular complexity index is 1630. The number of anilines is 1. The molecular formula is C30H30F3N7. The third-order valence-electron chi connectivity index (χ3n) is 7.38. The van der Waals surface area contributed by atoms with Gasteiger partial charge in [0.25, 0.3) is 0 Å². The van der Waals surface area contributed by atoms with Gasteiger partial charge in [0.05, 0.1) is 39.4 Å². The summed E-state index contributed by atoms with van der Waals surface area (Å²) in [4.78, 5) is 18.2. The highest BCUT2D eigenvalue weighted by atomic mass is 19.4. The summed E-state index contributed by atoms with van der Waals surface area (Å²) in [6.07, 6.45) is 3.56. The van der Waals surface area contributed by atoms with Crippen LogP contribution in [0.2, 0.25) is 0 Å². The van der Waals surface area contributed by atoms with Crippen molar-refractivity contribution in [3.63, 3.8) is 0 Å². The molecule has 0 unspecified atom stereocenters. The average molecular weight is 546 g/mol. The molecule has 0 bridgehead atoms. The molecule has 0 radical (unpaired) electrons. The summed E-state index contributed by atoms with van der Waals surface area (Å²) in [5, 5.41) is 5.18. The normalized spacial score (nSPS) is 13.7. The third kappa shape index (κ3) is 4.71. The quantitative estimate of drug-likeness (QED) is 0.247. The van der Waals surface area contributed by atoms with E-state index in [9.17, 15) is 13.2 Å². The molecule has 0 saturated heterocycles. The number of nitrogens with zero attached hydrogens (tertiary/aromatic N) is 6. The van der Waals surface area contributed by atoms with Crippen molar-refractivity contribution in [1.29, 1.82) is 0 Å². The van der Waals surface area contributed by atoms with E-state index in [2.05, 4.69) is 51.7 Å². The molecule has 1 aliphatic heterocycles. The second kappa shape index (κ2) is 10.4. The molecule has 40 heavy (non-hydrogen) atoms. The summed E-state index contributed by atoms with van der Waals surface area (Å²) in [6.45, 7) is 5.32. The van der Waals surface area contributed by atoms with Crippen LogP contribution < -0.4 is 4.90 Å². The molecule has 4 aromatic heterocycles. The molecule has 1 aromatic carbocycles. The Morgan fingerprint density at radius 2 is 1.68 bits per heavy atom. The van der Waals surface area contributed by atoms with Gasteiger partial charge >= 0.3 is 6.18 Å². The molecule has 206 valence electrons. The standard InChI is InChI=1S/C30H30F3N7/c1-3-6-19-8-5-9-20(7-4-2)27(19)40-28(26-11-10-24-25(37-26)12-14-34-24)22-18-39(15-13-23(22)38-40)29-35-16-21(17-36-29)30(31,32)33/h5,8-12,14,16-17,34H,3-4,6-7,13,15,18H2,1-2H3. The van der Waals surface area contributed by atoms with E-state index in [0.717, 1.165) is 77.4 Å². The number of aromatic nitrogens is 6. The van der Waals surface area contributed by atoms with Crippen LogP contribution in [0.5, 0.6) is 0 Å². The summed E-state index contributed by atoms with van der Waals surface area (Å²) in [5.41, 5.74) is 8.16. The van der Waals surface area contributed by atoms with Gasteiger partial charge in [-0.15, -0.1) is 0 Å². The zero-order valence-electron chi connectivity index (χ0n) is 22.5. The third-order valence-corrected chi connectivity index (χ3v) is 7.38. The van der Waals surface area contributed by atoms with Gasteiger partial charge in [0.1, 0.15) is 0 Å². The van der Waals surface area contributed by atoms with Crippen LogP contribution in [0.15, 0.2) is 55.0 Å². The number of rotatable bonds is 7. The van der Waals surface area contributed by atoms with Gasteiger partial charge in [-0.1, -0.05) is 44.9 Å². The fraction of sp³-hybridized carbons (Fsp3) is 0.333. The molecule has 6 rings (SSSR count). The number of pyridine rings is 1. The number of hydrogen-bond donors (Lipinski definition) is 1. The van der Waals surface area contributed by atoms with Crippen LogP contribution in [-0.2, 0) is 32.0 Å². The maximum atomic E-state index is 13.1. The number of benzene rings is 1. The van der Waals surface area contributed by atoms with Gasteiger partial charge in [0.2, 0.25) is 5.95 Å². The smallest absolute Gasteiger partial charge is 0.360 e. The van der Waals surface area contributed by atoms with Gasteiger partial charge in [0, 0.05) is 43.7 Å². The summed E-state index contributed by atoms with van der Waals surface area (Å²) < 4.78 is 41.4. The SMILES string of the molecule is CCCc1cccc(CCC)c1-n1nc2c(c1-c1ccc3[nH]ccc3n1)CN(c1ncc(C(F)(F)F)cn1)CC2. The van der Waals surface area contributed by atoms with Gasteiger partial charge in [-0.05, 0) is 42.2 Å². The largest absolute Gasteiger partial charge is 0.419 e. The number of nitrogens with one attached hydrogen (secondary N) is 1. The minimum absolute atomic E-state index is 0.268. The number of fused-ring (bicyclic) bond motifs is 2. The number of alkyl halides is 3. The zero-order chi connectivity index (χ0) is 27.9. The van der Waals surface area contributed by atoms with Gasteiger partial charge in [-0.25, -0.2) is 19.6 Å². The highest BCUT2D eigenvalue weighted by molar-refractivity contribution is 5.79. The Morgan fingerprint density at radius 3 is 2.35 bits per heavy atom. The van der Waals surface area contributed by atoms with Crippen LogP contribution >= 0.6 is 0 Å². The zero-order valence-corrected chi connectivity index (χ0v) is 22.5. The minimum atomic E-state index is -4.48. The highest BCUT2D eigenvalue weighted by Crippen LogP contribution is 2.36. The molecule has 1 N–H and O–H groups in total. The Kier molecular flexibility index (Phi) is 6.77. The average Bonchev–Trinajstić information content (AvgIpc) is 3.57. The van der Waals surface area contributed by atoms with Gasteiger partial charge in [-0.2, -0.15) is 18.3 Å². The number of aryl methyl sites for hydroxylation is 2. The van der Waals surface area contributed by atoms with E-state index in [4.69, 9.17) is 10.1 Å². The van der Waals surface area contributed by atoms with Crippen molar-refractivity contribution in [1.82, 2.24) is 29.7 Å². The van der Waals surface area contributed by atoms with Crippen LogP contribution in [0.25, 0.3) is 28.1 Å². The van der Waals surface area contributed by atoms with Crippen molar-refractivity contribution in [3.05, 3.63) is 82.9 Å². The van der Waals surface area contributed by atoms with E-state index in [-0.39, 0.29) is 5.95 Å². The lowest BCUT2D eigenvalue weighted by molar-refractivity contribution is -0.138. The molecule has 0 aliphatic carbocycles. The fourth-order valence-corrected chi connectivity index (χ4v) is 5.52. The molecule has 0 fully saturated rings. The maximum absolute atomic E-state index is 13.1. The molecule has 0 saturated carbocycles. The predicted molar refractivity (Wildman–Crippen MR) is 148 cm³/mol. The van der Waals surface area contributed by atoms with Gasteiger partial charge in [0.15, 0.2) is 0 Å². The fourth-order valence-electron chi connectivity index (χ4n) is 5.52.